The molecule has 0 fully saturated rings. The zero-order valence-electron chi connectivity index (χ0n) is 12.8. The van der Waals surface area contributed by atoms with Crippen molar-refractivity contribution in [3.05, 3.63) is 53.1 Å². The van der Waals surface area contributed by atoms with E-state index in [-0.39, 0.29) is 11.9 Å². The van der Waals surface area contributed by atoms with Crippen LogP contribution in [0.3, 0.4) is 0 Å². The van der Waals surface area contributed by atoms with Gasteiger partial charge in [-0.1, -0.05) is 6.07 Å². The molecular formula is C16H22N4O. The molecule has 0 radical (unpaired) electrons. The van der Waals surface area contributed by atoms with Crippen LogP contribution in [0.25, 0.3) is 0 Å². The van der Waals surface area contributed by atoms with Crippen LogP contribution in [0.1, 0.15) is 34.4 Å². The summed E-state index contributed by atoms with van der Waals surface area (Å²) in [6.45, 7) is 6.94. The van der Waals surface area contributed by atoms with Gasteiger partial charge in [0.05, 0.1) is 17.8 Å². The standard InChI is InChI=1S/C16H22N4O/c1-11(9-17)19-16(21)15-8-12(2)20(13(15)3)10-14-6-4-5-7-18-14/h4-8,11H,9-10,17H2,1-3H3,(H,19,21)/t11-/m0/s1. The predicted molar refractivity (Wildman–Crippen MR) is 83.2 cm³/mol. The second-order valence-electron chi connectivity index (χ2n) is 5.30. The number of aryl methyl sites for hydroxylation is 1. The largest absolute Gasteiger partial charge is 0.348 e. The number of hydrogen-bond acceptors (Lipinski definition) is 3. The quantitative estimate of drug-likeness (QED) is 0.877. The van der Waals surface area contributed by atoms with Crippen LogP contribution in [0.15, 0.2) is 30.5 Å². The Hall–Kier alpha value is -2.14. The van der Waals surface area contributed by atoms with E-state index >= 15 is 0 Å². The van der Waals surface area contributed by atoms with Gasteiger partial charge >= 0.3 is 0 Å². The number of nitrogens with one attached hydrogen (secondary N) is 1. The molecule has 1 atom stereocenters. The van der Waals surface area contributed by atoms with E-state index in [0.717, 1.165) is 17.1 Å². The fourth-order valence-electron chi connectivity index (χ4n) is 2.29. The fraction of sp³-hybridized carbons (Fsp3) is 0.375. The Labute approximate surface area is 125 Å². The Balaban J connectivity index is 2.23. The topological polar surface area (TPSA) is 72.9 Å². The zero-order chi connectivity index (χ0) is 15.4. The first-order valence-corrected chi connectivity index (χ1v) is 7.10. The maximum Gasteiger partial charge on any atom is 0.253 e. The maximum absolute atomic E-state index is 12.3. The summed E-state index contributed by atoms with van der Waals surface area (Å²) >= 11 is 0. The third-order valence-electron chi connectivity index (χ3n) is 3.60. The second kappa shape index (κ2) is 6.54. The molecule has 3 N–H and O–H groups in total. The Kier molecular flexibility index (Phi) is 4.75. The Bertz CT molecular complexity index is 619. The number of nitrogens with zero attached hydrogens (tertiary/aromatic N) is 2. The molecule has 5 heteroatoms. The average molecular weight is 286 g/mol. The van der Waals surface area contributed by atoms with E-state index in [1.807, 2.05) is 45.0 Å². The molecule has 1 amide bonds. The Morgan fingerprint density at radius 3 is 2.81 bits per heavy atom. The van der Waals surface area contributed by atoms with E-state index in [4.69, 9.17) is 5.73 Å². The maximum atomic E-state index is 12.3. The lowest BCUT2D eigenvalue weighted by atomic mass is 10.2. The molecule has 0 aliphatic carbocycles. The van der Waals surface area contributed by atoms with E-state index in [0.29, 0.717) is 18.7 Å². The van der Waals surface area contributed by atoms with Crippen LogP contribution >= 0.6 is 0 Å². The molecule has 0 aliphatic rings. The summed E-state index contributed by atoms with van der Waals surface area (Å²) in [5, 5.41) is 2.90. The lowest BCUT2D eigenvalue weighted by Crippen LogP contribution is -2.37. The Morgan fingerprint density at radius 1 is 1.43 bits per heavy atom. The molecule has 5 nitrogen and oxygen atoms in total. The van der Waals surface area contributed by atoms with Crippen LogP contribution in [-0.4, -0.2) is 28.0 Å². The van der Waals surface area contributed by atoms with Crippen molar-refractivity contribution < 1.29 is 4.79 Å². The van der Waals surface area contributed by atoms with Gasteiger partial charge in [0, 0.05) is 30.2 Å². The SMILES string of the molecule is Cc1cc(C(=O)N[C@@H](C)CN)c(C)n1Cc1ccccn1. The van der Waals surface area contributed by atoms with E-state index in [9.17, 15) is 4.79 Å². The van der Waals surface area contributed by atoms with E-state index in [1.54, 1.807) is 6.20 Å². The van der Waals surface area contributed by atoms with Crippen molar-refractivity contribution >= 4 is 5.91 Å². The number of carbonyl (C=O) groups excluding carboxylic acids is 1. The van der Waals surface area contributed by atoms with Crippen molar-refractivity contribution in [2.75, 3.05) is 6.54 Å². The summed E-state index contributed by atoms with van der Waals surface area (Å²) in [6, 6.07) is 7.72. The highest BCUT2D eigenvalue weighted by Gasteiger charge is 2.17. The van der Waals surface area contributed by atoms with Crippen molar-refractivity contribution in [1.82, 2.24) is 14.9 Å². The highest BCUT2D eigenvalue weighted by molar-refractivity contribution is 5.95. The molecule has 0 saturated heterocycles. The van der Waals surface area contributed by atoms with Crippen LogP contribution in [0.2, 0.25) is 0 Å². The number of amides is 1. The molecular weight excluding hydrogens is 264 g/mol. The number of rotatable bonds is 5. The molecule has 0 saturated carbocycles. The third kappa shape index (κ3) is 3.49. The molecule has 0 spiro atoms. The molecule has 2 rings (SSSR count). The molecule has 2 aromatic heterocycles. The third-order valence-corrected chi connectivity index (χ3v) is 3.60. The van der Waals surface area contributed by atoms with Crippen LogP contribution < -0.4 is 11.1 Å². The van der Waals surface area contributed by atoms with Crippen LogP contribution in [0.4, 0.5) is 0 Å². The van der Waals surface area contributed by atoms with Gasteiger partial charge in [-0.25, -0.2) is 0 Å². The van der Waals surface area contributed by atoms with E-state index in [1.165, 1.54) is 0 Å². The summed E-state index contributed by atoms with van der Waals surface area (Å²) in [7, 11) is 0. The molecule has 2 heterocycles. The summed E-state index contributed by atoms with van der Waals surface area (Å²) < 4.78 is 2.10. The second-order valence-corrected chi connectivity index (χ2v) is 5.30. The normalized spacial score (nSPS) is 12.2. The van der Waals surface area contributed by atoms with E-state index < -0.39 is 0 Å². The van der Waals surface area contributed by atoms with Gasteiger partial charge in [0.2, 0.25) is 0 Å². The lowest BCUT2D eigenvalue weighted by molar-refractivity contribution is 0.0940. The molecule has 21 heavy (non-hydrogen) atoms. The first-order valence-electron chi connectivity index (χ1n) is 7.10. The van der Waals surface area contributed by atoms with Gasteiger partial charge < -0.3 is 15.6 Å². The molecule has 112 valence electrons. The van der Waals surface area contributed by atoms with Gasteiger partial charge in [-0.05, 0) is 39.0 Å². The first-order chi connectivity index (χ1) is 10.0. The van der Waals surface area contributed by atoms with Crippen LogP contribution in [0, 0.1) is 13.8 Å². The van der Waals surface area contributed by atoms with Crippen molar-refractivity contribution in [3.8, 4) is 0 Å². The van der Waals surface area contributed by atoms with Crippen LogP contribution in [-0.2, 0) is 6.54 Å². The monoisotopic (exact) mass is 286 g/mol. The van der Waals surface area contributed by atoms with Gasteiger partial charge in [0.1, 0.15) is 0 Å². The van der Waals surface area contributed by atoms with Gasteiger partial charge in [-0.3, -0.25) is 9.78 Å². The highest BCUT2D eigenvalue weighted by atomic mass is 16.1. The lowest BCUT2D eigenvalue weighted by Gasteiger charge is -2.12. The zero-order valence-corrected chi connectivity index (χ0v) is 12.8. The average Bonchev–Trinajstić information content (AvgIpc) is 2.76. The number of carbonyl (C=O) groups is 1. The summed E-state index contributed by atoms with van der Waals surface area (Å²) in [6.07, 6.45) is 1.78. The molecule has 2 aromatic rings. The highest BCUT2D eigenvalue weighted by Crippen LogP contribution is 2.16. The van der Waals surface area contributed by atoms with Gasteiger partial charge in [-0.2, -0.15) is 0 Å². The molecule has 0 unspecified atom stereocenters. The van der Waals surface area contributed by atoms with E-state index in [2.05, 4.69) is 14.9 Å². The van der Waals surface area contributed by atoms with Gasteiger partial charge in [-0.15, -0.1) is 0 Å². The number of nitrogens with two attached hydrogens (primary N) is 1. The summed E-state index contributed by atoms with van der Waals surface area (Å²) in [5.41, 5.74) is 9.21. The van der Waals surface area contributed by atoms with Gasteiger partial charge in [0.25, 0.3) is 5.91 Å². The number of pyridine rings is 1. The minimum atomic E-state index is -0.0756. The smallest absolute Gasteiger partial charge is 0.253 e. The molecule has 0 bridgehead atoms. The molecule has 0 aliphatic heterocycles. The summed E-state index contributed by atoms with van der Waals surface area (Å²) in [5.74, 6) is -0.0756. The number of aromatic nitrogens is 2. The fourth-order valence-corrected chi connectivity index (χ4v) is 2.29. The van der Waals surface area contributed by atoms with Crippen molar-refractivity contribution in [3.63, 3.8) is 0 Å². The Morgan fingerprint density at radius 2 is 2.19 bits per heavy atom. The van der Waals surface area contributed by atoms with Crippen molar-refractivity contribution in [2.45, 2.75) is 33.4 Å². The van der Waals surface area contributed by atoms with Crippen LogP contribution in [0.5, 0.6) is 0 Å². The van der Waals surface area contributed by atoms with Crippen molar-refractivity contribution in [1.29, 1.82) is 0 Å². The molecule has 0 aromatic carbocycles. The van der Waals surface area contributed by atoms with Crippen molar-refractivity contribution in [2.24, 2.45) is 5.73 Å². The number of hydrogen-bond donors (Lipinski definition) is 2. The minimum absolute atomic E-state index is 0.0312. The van der Waals surface area contributed by atoms with Gasteiger partial charge in [0.15, 0.2) is 0 Å². The predicted octanol–water partition coefficient (Wildman–Crippen LogP) is 1.63. The first kappa shape index (κ1) is 15.3. The minimum Gasteiger partial charge on any atom is -0.348 e. The summed E-state index contributed by atoms with van der Waals surface area (Å²) in [4.78, 5) is 16.6.